The normalized spacial score (nSPS) is 16.3. The van der Waals surface area contributed by atoms with E-state index >= 15 is 0 Å². The Labute approximate surface area is 169 Å². The standard InChI is InChI=1S/C22H22ClN3O2/c23-18-6-8-20(9-7-18)28-15-19-13-21(25-24-19)17-10-11-26(14-17)22(27)12-16-4-2-1-3-5-16/h1-9,13,17H,10-12,14-15H2,(H,24,25)/t17-/m0/s1. The van der Waals surface area contributed by atoms with Gasteiger partial charge in [-0.15, -0.1) is 0 Å². The molecular weight excluding hydrogens is 374 g/mol. The van der Waals surface area contributed by atoms with E-state index in [4.69, 9.17) is 16.3 Å². The second kappa shape index (κ2) is 8.48. The molecule has 0 spiro atoms. The minimum absolute atomic E-state index is 0.176. The minimum Gasteiger partial charge on any atom is -0.487 e. The number of amides is 1. The zero-order chi connectivity index (χ0) is 19.3. The Morgan fingerprint density at radius 2 is 1.96 bits per heavy atom. The summed E-state index contributed by atoms with van der Waals surface area (Å²) < 4.78 is 5.75. The number of likely N-dealkylation sites (tertiary alicyclic amines) is 1. The molecule has 1 aliphatic heterocycles. The average Bonchev–Trinajstić information content (AvgIpc) is 3.38. The van der Waals surface area contributed by atoms with Crippen LogP contribution in [0.4, 0.5) is 0 Å². The molecule has 0 bridgehead atoms. The highest BCUT2D eigenvalue weighted by Gasteiger charge is 2.28. The van der Waals surface area contributed by atoms with Crippen molar-refractivity contribution < 1.29 is 9.53 Å². The number of hydrogen-bond acceptors (Lipinski definition) is 3. The summed E-state index contributed by atoms with van der Waals surface area (Å²) in [4.78, 5) is 14.5. The Morgan fingerprint density at radius 1 is 1.18 bits per heavy atom. The van der Waals surface area contributed by atoms with E-state index < -0.39 is 0 Å². The van der Waals surface area contributed by atoms with Crippen molar-refractivity contribution in [2.75, 3.05) is 13.1 Å². The van der Waals surface area contributed by atoms with Crippen molar-refractivity contribution in [3.8, 4) is 5.75 Å². The highest BCUT2D eigenvalue weighted by Crippen LogP contribution is 2.27. The van der Waals surface area contributed by atoms with E-state index in [1.807, 2.05) is 53.4 Å². The number of rotatable bonds is 6. The van der Waals surface area contributed by atoms with Crippen LogP contribution in [0.25, 0.3) is 0 Å². The van der Waals surface area contributed by atoms with Crippen molar-refractivity contribution in [1.29, 1.82) is 0 Å². The van der Waals surface area contributed by atoms with Gasteiger partial charge in [-0.1, -0.05) is 41.9 Å². The molecule has 5 nitrogen and oxygen atoms in total. The molecule has 2 heterocycles. The van der Waals surface area contributed by atoms with Crippen LogP contribution in [0.2, 0.25) is 5.02 Å². The average molecular weight is 396 g/mol. The summed E-state index contributed by atoms with van der Waals surface area (Å²) in [6.45, 7) is 1.91. The fourth-order valence-corrected chi connectivity index (χ4v) is 3.59. The Kier molecular flexibility index (Phi) is 5.63. The van der Waals surface area contributed by atoms with E-state index in [1.165, 1.54) is 0 Å². The zero-order valence-corrected chi connectivity index (χ0v) is 16.2. The number of ether oxygens (including phenoxy) is 1. The summed E-state index contributed by atoms with van der Waals surface area (Å²) in [5.74, 6) is 1.20. The van der Waals surface area contributed by atoms with Crippen LogP contribution in [0, 0.1) is 0 Å². The summed E-state index contributed by atoms with van der Waals surface area (Å²) in [7, 11) is 0. The maximum Gasteiger partial charge on any atom is 0.227 e. The Balaban J connectivity index is 1.30. The Morgan fingerprint density at radius 3 is 2.75 bits per heavy atom. The number of aromatic nitrogens is 2. The zero-order valence-electron chi connectivity index (χ0n) is 15.5. The minimum atomic E-state index is 0.176. The van der Waals surface area contributed by atoms with Crippen molar-refractivity contribution in [2.24, 2.45) is 0 Å². The van der Waals surface area contributed by atoms with Crippen molar-refractivity contribution >= 4 is 17.5 Å². The Bertz CT molecular complexity index is 924. The van der Waals surface area contributed by atoms with Crippen molar-refractivity contribution in [1.82, 2.24) is 15.1 Å². The van der Waals surface area contributed by atoms with Crippen LogP contribution < -0.4 is 4.74 Å². The van der Waals surface area contributed by atoms with E-state index in [0.717, 1.165) is 35.7 Å². The van der Waals surface area contributed by atoms with Gasteiger partial charge in [0.05, 0.1) is 17.8 Å². The molecule has 28 heavy (non-hydrogen) atoms. The molecule has 0 aliphatic carbocycles. The fourth-order valence-electron chi connectivity index (χ4n) is 3.46. The third-order valence-electron chi connectivity index (χ3n) is 5.02. The van der Waals surface area contributed by atoms with Crippen LogP contribution in [0.5, 0.6) is 5.75 Å². The Hall–Kier alpha value is -2.79. The second-order valence-corrected chi connectivity index (χ2v) is 7.48. The summed E-state index contributed by atoms with van der Waals surface area (Å²) >= 11 is 5.88. The molecule has 0 saturated carbocycles. The number of carbonyl (C=O) groups is 1. The molecule has 3 aromatic rings. The van der Waals surface area contributed by atoms with Crippen molar-refractivity contribution in [3.05, 3.63) is 82.6 Å². The number of nitrogens with zero attached hydrogens (tertiary/aromatic N) is 2. The van der Waals surface area contributed by atoms with Gasteiger partial charge in [0.2, 0.25) is 5.91 Å². The van der Waals surface area contributed by atoms with Gasteiger partial charge in [0.1, 0.15) is 12.4 Å². The van der Waals surface area contributed by atoms with Crippen molar-refractivity contribution in [2.45, 2.75) is 25.4 Å². The number of nitrogens with one attached hydrogen (secondary N) is 1. The van der Waals surface area contributed by atoms with Gasteiger partial charge in [0, 0.05) is 24.0 Å². The molecule has 6 heteroatoms. The lowest BCUT2D eigenvalue weighted by molar-refractivity contribution is -0.129. The number of aromatic amines is 1. The molecule has 4 rings (SSSR count). The molecule has 2 aromatic carbocycles. The third kappa shape index (κ3) is 4.54. The van der Waals surface area contributed by atoms with E-state index in [2.05, 4.69) is 10.2 Å². The fraction of sp³-hybridized carbons (Fsp3) is 0.273. The maximum absolute atomic E-state index is 12.5. The topological polar surface area (TPSA) is 58.2 Å². The third-order valence-corrected chi connectivity index (χ3v) is 5.27. The van der Waals surface area contributed by atoms with E-state index in [0.29, 0.717) is 24.6 Å². The lowest BCUT2D eigenvalue weighted by Gasteiger charge is -2.16. The van der Waals surface area contributed by atoms with Crippen LogP contribution in [0.3, 0.4) is 0 Å². The monoisotopic (exact) mass is 395 g/mol. The van der Waals surface area contributed by atoms with E-state index in [-0.39, 0.29) is 11.8 Å². The van der Waals surface area contributed by atoms with E-state index in [1.54, 1.807) is 12.1 Å². The summed E-state index contributed by atoms with van der Waals surface area (Å²) in [5, 5.41) is 8.17. The smallest absolute Gasteiger partial charge is 0.227 e. The molecule has 1 aliphatic rings. The van der Waals surface area contributed by atoms with E-state index in [9.17, 15) is 4.79 Å². The molecule has 1 amide bonds. The van der Waals surface area contributed by atoms with Gasteiger partial charge >= 0.3 is 0 Å². The van der Waals surface area contributed by atoms with Gasteiger partial charge in [0.25, 0.3) is 0 Å². The van der Waals surface area contributed by atoms with Gasteiger partial charge in [-0.2, -0.15) is 5.10 Å². The number of H-pyrrole nitrogens is 1. The van der Waals surface area contributed by atoms with Gasteiger partial charge < -0.3 is 9.64 Å². The summed E-state index contributed by atoms with van der Waals surface area (Å²) in [6.07, 6.45) is 1.39. The van der Waals surface area contributed by atoms with Crippen LogP contribution in [0.1, 0.15) is 29.3 Å². The van der Waals surface area contributed by atoms with Gasteiger partial charge in [0.15, 0.2) is 0 Å². The molecule has 144 valence electrons. The van der Waals surface area contributed by atoms with Crippen LogP contribution >= 0.6 is 11.6 Å². The number of hydrogen-bond donors (Lipinski definition) is 1. The van der Waals surface area contributed by atoms with Crippen LogP contribution in [-0.4, -0.2) is 34.1 Å². The van der Waals surface area contributed by atoms with Gasteiger partial charge in [-0.3, -0.25) is 9.89 Å². The molecule has 1 N–H and O–H groups in total. The highest BCUT2D eigenvalue weighted by molar-refractivity contribution is 6.30. The first-order chi connectivity index (χ1) is 13.7. The van der Waals surface area contributed by atoms with Crippen LogP contribution in [-0.2, 0) is 17.8 Å². The number of halogens is 1. The lowest BCUT2D eigenvalue weighted by atomic mass is 10.1. The van der Waals surface area contributed by atoms with Crippen LogP contribution in [0.15, 0.2) is 60.7 Å². The summed E-state index contributed by atoms with van der Waals surface area (Å²) in [6, 6.07) is 19.2. The summed E-state index contributed by atoms with van der Waals surface area (Å²) in [5.41, 5.74) is 2.96. The molecule has 1 atom stereocenters. The number of benzene rings is 2. The first-order valence-corrected chi connectivity index (χ1v) is 9.79. The molecular formula is C22H22ClN3O2. The second-order valence-electron chi connectivity index (χ2n) is 7.05. The first-order valence-electron chi connectivity index (χ1n) is 9.41. The molecule has 1 fully saturated rings. The quantitative estimate of drug-likeness (QED) is 0.680. The molecule has 0 radical (unpaired) electrons. The number of carbonyl (C=O) groups excluding carboxylic acids is 1. The highest BCUT2D eigenvalue weighted by atomic mass is 35.5. The molecule has 1 aromatic heterocycles. The van der Waals surface area contributed by atoms with Gasteiger partial charge in [-0.25, -0.2) is 0 Å². The largest absolute Gasteiger partial charge is 0.487 e. The lowest BCUT2D eigenvalue weighted by Crippen LogP contribution is -2.29. The SMILES string of the molecule is O=C(Cc1ccccc1)N1CC[C@H](c2cc(COc3ccc(Cl)cc3)[nH]n2)C1. The first kappa shape index (κ1) is 18.6. The molecule has 1 saturated heterocycles. The predicted molar refractivity (Wildman–Crippen MR) is 108 cm³/mol. The molecule has 0 unspecified atom stereocenters. The maximum atomic E-state index is 12.5. The van der Waals surface area contributed by atoms with Gasteiger partial charge in [-0.05, 0) is 42.3 Å². The van der Waals surface area contributed by atoms with Crippen molar-refractivity contribution in [3.63, 3.8) is 0 Å². The predicted octanol–water partition coefficient (Wildman–Crippen LogP) is 4.20.